The van der Waals surface area contributed by atoms with E-state index in [1.165, 1.54) is 5.56 Å². The van der Waals surface area contributed by atoms with E-state index in [0.29, 0.717) is 22.2 Å². The van der Waals surface area contributed by atoms with Gasteiger partial charge in [-0.25, -0.2) is 0 Å². The molecule has 146 valence electrons. The molecule has 0 radical (unpaired) electrons. The van der Waals surface area contributed by atoms with E-state index < -0.39 is 8.32 Å². The zero-order chi connectivity index (χ0) is 20.0. The Morgan fingerprint density at radius 3 is 2.11 bits per heavy atom. The summed E-state index contributed by atoms with van der Waals surface area (Å²) in [7, 11) is -1.77. The number of benzene rings is 1. The molecule has 0 spiro atoms. The van der Waals surface area contributed by atoms with Gasteiger partial charge in [0.1, 0.15) is 5.76 Å². The molecule has 0 aliphatic carbocycles. The van der Waals surface area contributed by atoms with Gasteiger partial charge in [-0.2, -0.15) is 5.26 Å². The fourth-order valence-corrected chi connectivity index (χ4v) is 9.89. The van der Waals surface area contributed by atoms with Crippen molar-refractivity contribution in [1.29, 1.82) is 5.26 Å². The van der Waals surface area contributed by atoms with E-state index in [2.05, 4.69) is 53.7 Å². The minimum atomic E-state index is -1.77. The van der Waals surface area contributed by atoms with Crippen molar-refractivity contribution >= 4 is 8.32 Å². The van der Waals surface area contributed by atoms with Gasteiger partial charge in [0.2, 0.25) is 0 Å². The van der Waals surface area contributed by atoms with Crippen LogP contribution in [0.2, 0.25) is 16.6 Å². The normalized spacial score (nSPS) is 12.1. The molecular weight excluding hydrogens is 350 g/mol. The molecule has 2 aromatic rings. The van der Waals surface area contributed by atoms with E-state index in [1.807, 2.05) is 30.5 Å². The van der Waals surface area contributed by atoms with Crippen molar-refractivity contribution in [2.24, 2.45) is 0 Å². The molecule has 0 saturated heterocycles. The van der Waals surface area contributed by atoms with Gasteiger partial charge in [-0.15, -0.1) is 0 Å². The summed E-state index contributed by atoms with van der Waals surface area (Å²) < 4.78 is 12.4. The lowest BCUT2D eigenvalue weighted by Gasteiger charge is -2.42. The summed E-state index contributed by atoms with van der Waals surface area (Å²) in [6.07, 6.45) is 3.80. The highest BCUT2D eigenvalue weighted by Gasteiger charge is 2.44. The minimum absolute atomic E-state index is 0.620. The van der Waals surface area contributed by atoms with Crippen molar-refractivity contribution in [2.75, 3.05) is 6.61 Å². The van der Waals surface area contributed by atoms with E-state index in [-0.39, 0.29) is 0 Å². The lowest BCUT2D eigenvalue weighted by atomic mass is 10.1. The summed E-state index contributed by atoms with van der Waals surface area (Å²) in [6, 6.07) is 11.7. The molecule has 0 saturated carbocycles. The summed E-state index contributed by atoms with van der Waals surface area (Å²) in [5, 5.41) is 8.90. The van der Waals surface area contributed by atoms with Crippen molar-refractivity contribution in [3.05, 3.63) is 47.7 Å². The third-order valence-electron chi connectivity index (χ3n) is 5.62. The van der Waals surface area contributed by atoms with Gasteiger partial charge in [0.15, 0.2) is 8.32 Å². The van der Waals surface area contributed by atoms with Gasteiger partial charge in [-0.3, -0.25) is 0 Å². The summed E-state index contributed by atoms with van der Waals surface area (Å²) in [5.74, 6) is 0.852. The Morgan fingerprint density at radius 1 is 1.00 bits per heavy atom. The quantitative estimate of drug-likeness (QED) is 0.348. The highest BCUT2D eigenvalue weighted by Crippen LogP contribution is 2.42. The highest BCUT2D eigenvalue weighted by atomic mass is 28.4. The molecule has 0 unspecified atom stereocenters. The van der Waals surface area contributed by atoms with Gasteiger partial charge in [-0.05, 0) is 65.4 Å². The lowest BCUT2D eigenvalue weighted by molar-refractivity contribution is 0.272. The minimum Gasteiger partial charge on any atom is -0.464 e. The van der Waals surface area contributed by atoms with Crippen LogP contribution in [-0.4, -0.2) is 14.9 Å². The number of hydrogen-bond acceptors (Lipinski definition) is 3. The van der Waals surface area contributed by atoms with E-state index in [1.54, 1.807) is 0 Å². The van der Waals surface area contributed by atoms with Gasteiger partial charge in [-0.1, -0.05) is 41.5 Å². The number of nitrogens with zero attached hydrogens (tertiary/aromatic N) is 1. The van der Waals surface area contributed by atoms with Gasteiger partial charge >= 0.3 is 0 Å². The Bertz CT molecular complexity index is 732. The maximum atomic E-state index is 8.90. The number of hydrogen-bond donors (Lipinski definition) is 0. The molecule has 27 heavy (non-hydrogen) atoms. The maximum Gasteiger partial charge on any atom is 0.200 e. The van der Waals surface area contributed by atoms with Crippen LogP contribution < -0.4 is 0 Å². The summed E-state index contributed by atoms with van der Waals surface area (Å²) in [6.45, 7) is 14.8. The number of furan rings is 1. The average molecular weight is 384 g/mol. The molecule has 0 bridgehead atoms. The first-order valence-electron chi connectivity index (χ1n) is 10.0. The van der Waals surface area contributed by atoms with Crippen molar-refractivity contribution in [3.63, 3.8) is 0 Å². The molecule has 0 amide bonds. The Morgan fingerprint density at radius 2 is 1.59 bits per heavy atom. The molecule has 4 heteroatoms. The fourth-order valence-electron chi connectivity index (χ4n) is 4.39. The zero-order valence-electron chi connectivity index (χ0n) is 17.6. The van der Waals surface area contributed by atoms with Crippen molar-refractivity contribution in [1.82, 2.24) is 0 Å². The number of aryl methyl sites for hydroxylation is 1. The van der Waals surface area contributed by atoms with Gasteiger partial charge in [0.25, 0.3) is 0 Å². The van der Waals surface area contributed by atoms with Crippen molar-refractivity contribution < 1.29 is 8.84 Å². The lowest BCUT2D eigenvalue weighted by Crippen LogP contribution is -2.48. The van der Waals surface area contributed by atoms with Crippen molar-refractivity contribution in [2.45, 2.75) is 71.0 Å². The number of rotatable bonds is 9. The van der Waals surface area contributed by atoms with Crippen LogP contribution in [0.5, 0.6) is 0 Å². The van der Waals surface area contributed by atoms with Crippen LogP contribution in [0.3, 0.4) is 0 Å². The molecule has 0 atom stereocenters. The molecule has 3 nitrogen and oxygen atoms in total. The molecule has 0 fully saturated rings. The second-order valence-electron chi connectivity index (χ2n) is 8.28. The molecule has 1 aromatic carbocycles. The first-order valence-corrected chi connectivity index (χ1v) is 12.2. The molecular formula is C23H33NO2Si. The largest absolute Gasteiger partial charge is 0.464 e. The smallest absolute Gasteiger partial charge is 0.200 e. The molecule has 1 aromatic heterocycles. The molecule has 2 rings (SSSR count). The summed E-state index contributed by atoms with van der Waals surface area (Å²) >= 11 is 0. The van der Waals surface area contributed by atoms with Crippen LogP contribution in [-0.2, 0) is 10.8 Å². The van der Waals surface area contributed by atoms with E-state index in [4.69, 9.17) is 14.1 Å². The standard InChI is InChI=1S/C23H33NO2Si/c1-17(2)27(18(3)4,19(5)6)26-13-7-8-21-14-23(25-16-21)22-11-9-20(15-24)10-12-22/h9-12,14,16-19H,7-8,13H2,1-6H3. The Labute approximate surface area is 165 Å². The van der Waals surface area contributed by atoms with Crippen LogP contribution in [0, 0.1) is 11.3 Å². The molecule has 0 N–H and O–H groups in total. The molecule has 0 aliphatic heterocycles. The summed E-state index contributed by atoms with van der Waals surface area (Å²) in [4.78, 5) is 0. The monoisotopic (exact) mass is 383 g/mol. The Hall–Kier alpha value is -1.83. The number of nitriles is 1. The first-order chi connectivity index (χ1) is 12.8. The molecule has 1 heterocycles. The van der Waals surface area contributed by atoms with Gasteiger partial charge in [0.05, 0.1) is 17.9 Å². The van der Waals surface area contributed by atoms with Gasteiger partial charge in [0, 0.05) is 12.2 Å². The fraction of sp³-hybridized carbons (Fsp3) is 0.522. The van der Waals surface area contributed by atoms with Crippen LogP contribution in [0.1, 0.15) is 59.1 Å². The van der Waals surface area contributed by atoms with Gasteiger partial charge < -0.3 is 8.84 Å². The van der Waals surface area contributed by atoms with E-state index >= 15 is 0 Å². The Balaban J connectivity index is 1.94. The molecule has 0 aliphatic rings. The maximum absolute atomic E-state index is 8.90. The summed E-state index contributed by atoms with van der Waals surface area (Å²) in [5.41, 5.74) is 4.72. The second-order valence-corrected chi connectivity index (χ2v) is 13.7. The predicted molar refractivity (Wildman–Crippen MR) is 114 cm³/mol. The van der Waals surface area contributed by atoms with Crippen LogP contribution >= 0.6 is 0 Å². The van der Waals surface area contributed by atoms with E-state index in [0.717, 1.165) is 30.8 Å². The topological polar surface area (TPSA) is 46.2 Å². The van der Waals surface area contributed by atoms with Crippen LogP contribution in [0.15, 0.2) is 41.0 Å². The second kappa shape index (κ2) is 9.39. The van der Waals surface area contributed by atoms with E-state index in [9.17, 15) is 0 Å². The zero-order valence-corrected chi connectivity index (χ0v) is 18.6. The first kappa shape index (κ1) is 21.5. The van der Waals surface area contributed by atoms with Crippen LogP contribution in [0.4, 0.5) is 0 Å². The average Bonchev–Trinajstić information content (AvgIpc) is 3.09. The third-order valence-corrected chi connectivity index (χ3v) is 11.7. The SMILES string of the molecule is CC(C)[Si](OCCCc1coc(-c2ccc(C#N)cc2)c1)(C(C)C)C(C)C. The highest BCUT2D eigenvalue weighted by molar-refractivity contribution is 6.77. The van der Waals surface area contributed by atoms with Crippen LogP contribution in [0.25, 0.3) is 11.3 Å². The Kier molecular flexibility index (Phi) is 7.47. The van der Waals surface area contributed by atoms with Crippen molar-refractivity contribution in [3.8, 4) is 17.4 Å². The third kappa shape index (κ3) is 4.91. The predicted octanol–water partition coefficient (Wildman–Crippen LogP) is 6.94.